The maximum Gasteiger partial charge on any atom is 0.189 e. The fraction of sp³-hybridized carbons (Fsp3) is 0.190. The minimum Gasteiger partial charge on any atom is -0.508 e. The molecule has 0 aliphatic rings. The summed E-state index contributed by atoms with van der Waals surface area (Å²) in [5.41, 5.74) is 2.44. The van der Waals surface area contributed by atoms with E-state index in [0.717, 1.165) is 11.1 Å². The SMILES string of the molecule is CC(C)=CCCc1c(O)ccc(C(=O)C=Cc2ccc(O)cc2)c1O. The van der Waals surface area contributed by atoms with Crippen LogP contribution in [0.25, 0.3) is 6.08 Å². The third-order valence-electron chi connectivity index (χ3n) is 3.79. The highest BCUT2D eigenvalue weighted by Crippen LogP contribution is 2.32. The molecule has 4 heteroatoms. The largest absolute Gasteiger partial charge is 0.508 e. The van der Waals surface area contributed by atoms with Crippen LogP contribution < -0.4 is 0 Å². The molecule has 3 N–H and O–H groups in total. The lowest BCUT2D eigenvalue weighted by molar-refractivity contribution is 0.104. The van der Waals surface area contributed by atoms with Crippen LogP contribution in [-0.2, 0) is 6.42 Å². The Morgan fingerprint density at radius 1 is 1.00 bits per heavy atom. The number of rotatable bonds is 6. The predicted molar refractivity (Wildman–Crippen MR) is 99.0 cm³/mol. The zero-order valence-electron chi connectivity index (χ0n) is 14.4. The van der Waals surface area contributed by atoms with E-state index in [1.54, 1.807) is 18.2 Å². The van der Waals surface area contributed by atoms with Crippen molar-refractivity contribution in [1.82, 2.24) is 0 Å². The summed E-state index contributed by atoms with van der Waals surface area (Å²) in [6, 6.07) is 9.27. The topological polar surface area (TPSA) is 77.8 Å². The maximum atomic E-state index is 12.4. The molecule has 4 nitrogen and oxygen atoms in total. The number of phenolic OH excluding ortho intramolecular Hbond substituents is 3. The van der Waals surface area contributed by atoms with E-state index in [-0.39, 0.29) is 28.6 Å². The van der Waals surface area contributed by atoms with Crippen molar-refractivity contribution in [2.24, 2.45) is 0 Å². The van der Waals surface area contributed by atoms with Crippen molar-refractivity contribution in [1.29, 1.82) is 0 Å². The Labute approximate surface area is 147 Å². The number of aromatic hydroxyl groups is 3. The minimum atomic E-state index is -0.353. The molecule has 0 bridgehead atoms. The Kier molecular flexibility index (Phi) is 6.01. The number of phenols is 3. The molecular formula is C21H22O4. The average Bonchev–Trinajstić information content (AvgIpc) is 2.57. The lowest BCUT2D eigenvalue weighted by atomic mass is 9.99. The van der Waals surface area contributed by atoms with Crippen LogP contribution in [0, 0.1) is 0 Å². The summed E-state index contributed by atoms with van der Waals surface area (Å²) in [5.74, 6) is -0.393. The fourth-order valence-corrected chi connectivity index (χ4v) is 2.42. The van der Waals surface area contributed by atoms with Crippen molar-refractivity contribution in [2.75, 3.05) is 0 Å². The molecule has 0 radical (unpaired) electrons. The fourth-order valence-electron chi connectivity index (χ4n) is 2.42. The molecule has 2 aromatic rings. The predicted octanol–water partition coefficient (Wildman–Crippen LogP) is 4.60. The van der Waals surface area contributed by atoms with Crippen LogP contribution >= 0.6 is 0 Å². The number of ketones is 1. The first-order valence-corrected chi connectivity index (χ1v) is 8.07. The molecule has 0 aliphatic heterocycles. The minimum absolute atomic E-state index is 0.0151. The summed E-state index contributed by atoms with van der Waals surface area (Å²) in [5, 5.41) is 29.6. The van der Waals surface area contributed by atoms with E-state index in [2.05, 4.69) is 0 Å². The smallest absolute Gasteiger partial charge is 0.189 e. The van der Waals surface area contributed by atoms with Crippen LogP contribution in [0.4, 0.5) is 0 Å². The number of carbonyl (C=O) groups is 1. The molecule has 0 spiro atoms. The molecule has 0 saturated heterocycles. The van der Waals surface area contributed by atoms with Gasteiger partial charge in [-0.3, -0.25) is 4.79 Å². The first-order chi connectivity index (χ1) is 11.9. The Hall–Kier alpha value is -3.01. The first-order valence-electron chi connectivity index (χ1n) is 8.07. The van der Waals surface area contributed by atoms with E-state index in [9.17, 15) is 20.1 Å². The molecule has 25 heavy (non-hydrogen) atoms. The standard InChI is InChI=1S/C21H22O4/c1-14(2)4-3-5-17-20(24)13-11-18(21(17)25)19(23)12-8-15-6-9-16(22)10-7-15/h4,6-13,22,24-25H,3,5H2,1-2H3. The summed E-state index contributed by atoms with van der Waals surface area (Å²) in [6.45, 7) is 3.96. The van der Waals surface area contributed by atoms with Gasteiger partial charge in [0.2, 0.25) is 0 Å². The zero-order chi connectivity index (χ0) is 18.4. The third-order valence-corrected chi connectivity index (χ3v) is 3.79. The summed E-state index contributed by atoms with van der Waals surface area (Å²) < 4.78 is 0. The molecule has 0 saturated carbocycles. The van der Waals surface area contributed by atoms with Gasteiger partial charge in [-0.25, -0.2) is 0 Å². The van der Waals surface area contributed by atoms with Crippen molar-refractivity contribution in [3.8, 4) is 17.2 Å². The van der Waals surface area contributed by atoms with E-state index >= 15 is 0 Å². The molecule has 2 rings (SSSR count). The zero-order valence-corrected chi connectivity index (χ0v) is 14.4. The first kappa shape index (κ1) is 18.3. The highest BCUT2D eigenvalue weighted by Gasteiger charge is 2.15. The molecular weight excluding hydrogens is 316 g/mol. The average molecular weight is 338 g/mol. The highest BCUT2D eigenvalue weighted by molar-refractivity contribution is 6.09. The monoisotopic (exact) mass is 338 g/mol. The van der Waals surface area contributed by atoms with Crippen molar-refractivity contribution < 1.29 is 20.1 Å². The molecule has 0 aromatic heterocycles. The van der Waals surface area contributed by atoms with Crippen LogP contribution in [0.3, 0.4) is 0 Å². The summed E-state index contributed by atoms with van der Waals surface area (Å²) in [4.78, 5) is 12.4. The lowest BCUT2D eigenvalue weighted by Crippen LogP contribution is -1.98. The lowest BCUT2D eigenvalue weighted by Gasteiger charge is -2.09. The molecule has 0 fully saturated rings. The van der Waals surface area contributed by atoms with Gasteiger partial charge in [0.15, 0.2) is 5.78 Å². The van der Waals surface area contributed by atoms with Gasteiger partial charge in [0.25, 0.3) is 0 Å². The van der Waals surface area contributed by atoms with E-state index in [0.29, 0.717) is 18.4 Å². The second kappa shape index (κ2) is 8.20. The van der Waals surface area contributed by atoms with E-state index in [1.807, 2.05) is 19.9 Å². The Morgan fingerprint density at radius 3 is 2.32 bits per heavy atom. The number of benzene rings is 2. The van der Waals surface area contributed by atoms with Gasteiger partial charge < -0.3 is 15.3 Å². The summed E-state index contributed by atoms with van der Waals surface area (Å²) >= 11 is 0. The Balaban J connectivity index is 2.21. The van der Waals surface area contributed by atoms with E-state index < -0.39 is 0 Å². The number of hydrogen-bond donors (Lipinski definition) is 3. The van der Waals surface area contributed by atoms with E-state index in [4.69, 9.17) is 0 Å². The Bertz CT molecular complexity index is 811. The quantitative estimate of drug-likeness (QED) is 0.409. The second-order valence-corrected chi connectivity index (χ2v) is 6.07. The second-order valence-electron chi connectivity index (χ2n) is 6.07. The van der Waals surface area contributed by atoms with Gasteiger partial charge >= 0.3 is 0 Å². The van der Waals surface area contributed by atoms with Crippen LogP contribution in [-0.4, -0.2) is 21.1 Å². The molecule has 130 valence electrons. The third kappa shape index (κ3) is 4.98. The van der Waals surface area contributed by atoms with Gasteiger partial charge in [0, 0.05) is 5.56 Å². The molecule has 2 aromatic carbocycles. The van der Waals surface area contributed by atoms with Crippen LogP contribution in [0.15, 0.2) is 54.1 Å². The van der Waals surface area contributed by atoms with E-state index in [1.165, 1.54) is 30.3 Å². The summed E-state index contributed by atoms with van der Waals surface area (Å²) in [7, 11) is 0. The van der Waals surface area contributed by atoms with Crippen molar-refractivity contribution in [3.05, 3.63) is 70.8 Å². The van der Waals surface area contributed by atoms with Gasteiger partial charge in [-0.2, -0.15) is 0 Å². The highest BCUT2D eigenvalue weighted by atomic mass is 16.3. The van der Waals surface area contributed by atoms with Crippen LogP contribution in [0.1, 0.15) is 41.8 Å². The number of hydrogen-bond acceptors (Lipinski definition) is 4. The normalized spacial score (nSPS) is 10.8. The van der Waals surface area contributed by atoms with Gasteiger partial charge in [-0.1, -0.05) is 29.9 Å². The Morgan fingerprint density at radius 2 is 1.68 bits per heavy atom. The van der Waals surface area contributed by atoms with Gasteiger partial charge in [0.05, 0.1) is 5.56 Å². The number of allylic oxidation sites excluding steroid dienone is 3. The van der Waals surface area contributed by atoms with Crippen LogP contribution in [0.5, 0.6) is 17.2 Å². The van der Waals surface area contributed by atoms with Gasteiger partial charge in [-0.15, -0.1) is 0 Å². The summed E-state index contributed by atoms with van der Waals surface area (Å²) in [6.07, 6.45) is 6.10. The van der Waals surface area contributed by atoms with Crippen molar-refractivity contribution in [3.63, 3.8) is 0 Å². The number of carbonyl (C=O) groups excluding carboxylic acids is 1. The molecule has 0 heterocycles. The van der Waals surface area contributed by atoms with Gasteiger partial charge in [0.1, 0.15) is 17.2 Å². The maximum absolute atomic E-state index is 12.4. The molecule has 0 aliphatic carbocycles. The van der Waals surface area contributed by atoms with Crippen LogP contribution in [0.2, 0.25) is 0 Å². The molecule has 0 amide bonds. The molecule has 0 unspecified atom stereocenters. The van der Waals surface area contributed by atoms with Crippen molar-refractivity contribution in [2.45, 2.75) is 26.7 Å². The van der Waals surface area contributed by atoms with Gasteiger partial charge in [-0.05, 0) is 62.6 Å². The van der Waals surface area contributed by atoms with Crippen molar-refractivity contribution >= 4 is 11.9 Å². The molecule has 0 atom stereocenters.